The maximum absolute atomic E-state index is 3.53. The van der Waals surface area contributed by atoms with Gasteiger partial charge in [0.25, 0.3) is 0 Å². The highest BCUT2D eigenvalue weighted by Gasteiger charge is 2.51. The van der Waals surface area contributed by atoms with Gasteiger partial charge in [-0.3, -0.25) is 0 Å². The molecule has 0 aromatic heterocycles. The van der Waals surface area contributed by atoms with Crippen LogP contribution in [0.2, 0.25) is 36.3 Å². The van der Waals surface area contributed by atoms with Crippen molar-refractivity contribution in [3.8, 4) is 0 Å². The van der Waals surface area contributed by atoms with Crippen molar-refractivity contribution in [1.82, 2.24) is 4.23 Å². The maximum Gasteiger partial charge on any atom is 0.122 e. The van der Waals surface area contributed by atoms with Crippen molar-refractivity contribution in [2.45, 2.75) is 229 Å². The quantitative estimate of drug-likeness (QED) is 0.0526. The summed E-state index contributed by atoms with van der Waals surface area (Å²) in [5, 5.41) is 0. The van der Waals surface area contributed by atoms with Crippen molar-refractivity contribution in [2.75, 3.05) is 6.54 Å². The summed E-state index contributed by atoms with van der Waals surface area (Å²) < 4.78 is 3.53. The van der Waals surface area contributed by atoms with Gasteiger partial charge in [-0.25, -0.2) is 0 Å². The molecule has 0 spiro atoms. The topological polar surface area (TPSA) is 3.24 Å². The van der Waals surface area contributed by atoms with Gasteiger partial charge in [-0.1, -0.05) is 186 Å². The van der Waals surface area contributed by atoms with E-state index in [2.05, 4.69) is 94.2 Å². The van der Waals surface area contributed by atoms with Crippen molar-refractivity contribution in [3.63, 3.8) is 0 Å². The van der Waals surface area contributed by atoms with E-state index in [1.165, 1.54) is 146 Å². The number of unbranched alkanes of at least 4 members (excludes halogenated alkanes) is 15. The number of nitrogens with zero attached hydrogens (tertiary/aromatic N) is 1. The van der Waals surface area contributed by atoms with E-state index in [-0.39, 0.29) is 0 Å². The van der Waals surface area contributed by atoms with Gasteiger partial charge in [0, 0.05) is 0 Å². The van der Waals surface area contributed by atoms with E-state index < -0.39 is 16.5 Å². The molecule has 0 aliphatic carbocycles. The third-order valence-electron chi connectivity index (χ3n) is 10.1. The first-order chi connectivity index (χ1) is 21.2. The maximum atomic E-state index is 3.53. The minimum Gasteiger partial charge on any atom is -0.345 e. The molecule has 45 heavy (non-hydrogen) atoms. The highest BCUT2D eigenvalue weighted by molar-refractivity contribution is 6.93. The van der Waals surface area contributed by atoms with Crippen LogP contribution in [0.15, 0.2) is 0 Å². The summed E-state index contributed by atoms with van der Waals surface area (Å²) in [5.74, 6) is 4.87. The molecule has 0 rings (SSSR count). The molecule has 0 aromatic carbocycles. The van der Waals surface area contributed by atoms with Gasteiger partial charge in [0.05, 0.1) is 0 Å². The second-order valence-electron chi connectivity index (χ2n) is 18.5. The molecule has 0 amide bonds. The van der Waals surface area contributed by atoms with Crippen LogP contribution in [-0.2, 0) is 0 Å². The van der Waals surface area contributed by atoms with Crippen LogP contribution in [0.3, 0.4) is 0 Å². The van der Waals surface area contributed by atoms with Crippen molar-refractivity contribution >= 4 is 16.5 Å². The number of hydrogen-bond donors (Lipinski definition) is 0. The SMILES string of the molecule is CCCCCCCCCCCCCCCCCCN([Si](CC(C)C)(CC(C)C)CC(C)C)[Si](CC(C)C)(CC(C)C)CC(C)C. The summed E-state index contributed by atoms with van der Waals surface area (Å²) in [6.07, 6.45) is 23.4. The highest BCUT2D eigenvalue weighted by Crippen LogP contribution is 2.44. The normalized spacial score (nSPS) is 13.3. The Morgan fingerprint density at radius 2 is 0.511 bits per heavy atom. The molecule has 0 radical (unpaired) electrons. The molecule has 3 heteroatoms. The van der Waals surface area contributed by atoms with Crippen LogP contribution in [-0.4, -0.2) is 27.2 Å². The van der Waals surface area contributed by atoms with Crippen LogP contribution >= 0.6 is 0 Å². The van der Waals surface area contributed by atoms with E-state index in [0.29, 0.717) is 0 Å². The van der Waals surface area contributed by atoms with Crippen molar-refractivity contribution < 1.29 is 0 Å². The first-order valence-electron chi connectivity index (χ1n) is 21.0. The molecule has 272 valence electrons. The van der Waals surface area contributed by atoms with Gasteiger partial charge in [-0.2, -0.15) is 0 Å². The molecule has 0 fully saturated rings. The largest absolute Gasteiger partial charge is 0.345 e. The molecule has 0 saturated carbocycles. The van der Waals surface area contributed by atoms with E-state index in [0.717, 1.165) is 35.5 Å². The minimum atomic E-state index is -1.66. The molecule has 0 atom stereocenters. The average Bonchev–Trinajstić information content (AvgIpc) is 2.87. The fourth-order valence-corrected chi connectivity index (χ4v) is 27.9. The fraction of sp³-hybridized carbons (Fsp3) is 1.00. The zero-order chi connectivity index (χ0) is 34.3. The summed E-state index contributed by atoms with van der Waals surface area (Å²) in [4.78, 5) is 0. The van der Waals surface area contributed by atoms with Crippen LogP contribution in [0.1, 0.15) is 193 Å². The standard InChI is InChI=1S/C42H91NSi2/c1-14-15-16-17-18-19-20-21-22-23-24-25-26-27-28-29-30-43(44(31-37(2)3,32-38(4)5)33-39(6)7)45(34-40(8)9,35-41(10)11)36-42(12)13/h37-42H,14-36H2,1-13H3. The van der Waals surface area contributed by atoms with Crippen LogP contribution in [0.4, 0.5) is 0 Å². The lowest BCUT2D eigenvalue weighted by Crippen LogP contribution is -2.69. The average molecular weight is 666 g/mol. The lowest BCUT2D eigenvalue weighted by Gasteiger charge is -2.57. The third kappa shape index (κ3) is 21.9. The first kappa shape index (κ1) is 45.4. The first-order valence-corrected chi connectivity index (χ1v) is 26.1. The fourth-order valence-electron chi connectivity index (χ4n) is 9.52. The van der Waals surface area contributed by atoms with E-state index in [1.807, 2.05) is 0 Å². The minimum absolute atomic E-state index is 0.811. The third-order valence-corrected chi connectivity index (χ3v) is 25.2. The Labute approximate surface area is 290 Å². The summed E-state index contributed by atoms with van der Waals surface area (Å²) >= 11 is 0. The van der Waals surface area contributed by atoms with Gasteiger partial charge >= 0.3 is 0 Å². The molecule has 0 N–H and O–H groups in total. The summed E-state index contributed by atoms with van der Waals surface area (Å²) in [7, 11) is -3.33. The summed E-state index contributed by atoms with van der Waals surface area (Å²) in [6.45, 7) is 34.3. The Morgan fingerprint density at radius 1 is 0.311 bits per heavy atom. The van der Waals surface area contributed by atoms with Crippen LogP contribution in [0.25, 0.3) is 0 Å². The van der Waals surface area contributed by atoms with Gasteiger partial charge in [0.15, 0.2) is 0 Å². The molecule has 0 aromatic rings. The smallest absolute Gasteiger partial charge is 0.122 e. The van der Waals surface area contributed by atoms with Crippen LogP contribution in [0, 0.1) is 35.5 Å². The second kappa shape index (κ2) is 26.3. The van der Waals surface area contributed by atoms with E-state index in [1.54, 1.807) is 0 Å². The number of hydrogen-bond acceptors (Lipinski definition) is 1. The van der Waals surface area contributed by atoms with Gasteiger partial charge < -0.3 is 4.23 Å². The molecular formula is C42H91NSi2. The Kier molecular flexibility index (Phi) is 26.5. The van der Waals surface area contributed by atoms with Gasteiger partial charge in [0.1, 0.15) is 16.5 Å². The lowest BCUT2D eigenvalue weighted by atomic mass is 10.0. The highest BCUT2D eigenvalue weighted by atomic mass is 28.4. The Balaban J connectivity index is 5.53. The molecule has 0 aliphatic heterocycles. The molecule has 0 heterocycles. The zero-order valence-electron chi connectivity index (χ0n) is 34.2. The Morgan fingerprint density at radius 3 is 0.711 bits per heavy atom. The van der Waals surface area contributed by atoms with Crippen LogP contribution in [0.5, 0.6) is 0 Å². The van der Waals surface area contributed by atoms with Crippen molar-refractivity contribution in [3.05, 3.63) is 0 Å². The molecule has 0 bridgehead atoms. The monoisotopic (exact) mass is 666 g/mol. The predicted molar refractivity (Wildman–Crippen MR) is 216 cm³/mol. The molecular weight excluding hydrogens is 575 g/mol. The molecule has 0 aliphatic rings. The van der Waals surface area contributed by atoms with Crippen molar-refractivity contribution in [2.24, 2.45) is 35.5 Å². The van der Waals surface area contributed by atoms with Crippen LogP contribution < -0.4 is 0 Å². The van der Waals surface area contributed by atoms with E-state index >= 15 is 0 Å². The zero-order valence-corrected chi connectivity index (χ0v) is 36.2. The number of rotatable bonds is 31. The Hall–Kier alpha value is 0.394. The second-order valence-corrected chi connectivity index (χ2v) is 27.4. The summed E-state index contributed by atoms with van der Waals surface area (Å²) in [5.41, 5.74) is 0. The molecule has 0 unspecified atom stereocenters. The van der Waals surface area contributed by atoms with E-state index in [9.17, 15) is 0 Å². The summed E-state index contributed by atoms with van der Waals surface area (Å²) in [6, 6.07) is 9.11. The van der Waals surface area contributed by atoms with Gasteiger partial charge in [-0.05, 0) is 84.7 Å². The Bertz CT molecular complexity index is 562. The predicted octanol–water partition coefficient (Wildman–Crippen LogP) is 15.4. The lowest BCUT2D eigenvalue weighted by molar-refractivity contribution is 0.462. The molecule has 0 saturated heterocycles. The molecule has 1 nitrogen and oxygen atoms in total. The van der Waals surface area contributed by atoms with Gasteiger partial charge in [-0.15, -0.1) is 0 Å². The van der Waals surface area contributed by atoms with Crippen molar-refractivity contribution in [1.29, 1.82) is 0 Å². The van der Waals surface area contributed by atoms with Gasteiger partial charge in [0.2, 0.25) is 0 Å². The van der Waals surface area contributed by atoms with E-state index in [4.69, 9.17) is 0 Å².